The number of methoxy groups -OCH3 is 1. The molecule has 2 aromatic heterocycles. The molecule has 0 radical (unpaired) electrons. The maximum absolute atomic E-state index is 13.5. The molecule has 1 saturated carbocycles. The molecular formula is C39H55N7O7. The molecule has 4 N–H and O–H groups in total. The van der Waals surface area contributed by atoms with Gasteiger partial charge in [-0.3, -0.25) is 14.5 Å². The average Bonchev–Trinajstić information content (AvgIpc) is 3.94. The van der Waals surface area contributed by atoms with Crippen LogP contribution in [-0.4, -0.2) is 81.2 Å². The first-order valence-corrected chi connectivity index (χ1v) is 19.0. The molecule has 2 fully saturated rings. The number of ether oxygens (including phenoxy) is 1. The molecule has 288 valence electrons. The number of carboxylic acid groups (broad SMARTS) is 1. The number of likely N-dealkylation sites (tertiary alicyclic amines) is 1. The minimum Gasteiger partial charge on any atom is -0.465 e. The van der Waals surface area contributed by atoms with Gasteiger partial charge in [-0.2, -0.15) is 0 Å². The minimum absolute atomic E-state index is 0.107. The molecule has 1 aliphatic carbocycles. The largest absolute Gasteiger partial charge is 0.465 e. The van der Waals surface area contributed by atoms with Crippen LogP contribution in [0.15, 0.2) is 41.1 Å². The predicted octanol–water partition coefficient (Wildman–Crippen LogP) is 6.98. The Morgan fingerprint density at radius 3 is 2.30 bits per heavy atom. The van der Waals surface area contributed by atoms with Gasteiger partial charge < -0.3 is 34.8 Å². The number of H-pyrrole nitrogens is 1. The fourth-order valence-corrected chi connectivity index (χ4v) is 7.51. The van der Waals surface area contributed by atoms with Gasteiger partial charge in [-0.1, -0.05) is 65.3 Å². The van der Waals surface area contributed by atoms with Crippen LogP contribution in [-0.2, 0) is 14.3 Å². The lowest BCUT2D eigenvalue weighted by Crippen LogP contribution is -2.51. The Morgan fingerprint density at radius 1 is 1.00 bits per heavy atom. The standard InChI is InChI=1S/C39H55N7O7/c1-7-8-19-46(36(48)32(23(2)3)43-38(49)50)37-40-21-29(42-37)27-15-11-25(12-16-27)26-13-17-28(18-14-26)30-22-53-34(41-30)31-10-9-20-45(31)35(47)33(24(4)5)44-39(51)52-6/h11-12,15-16,21-24,26,28,31-33,43H,7-10,13-14,17-20H2,1-6H3,(H,40,42)(H,44,51)(H,49,50)/t26?,28?,31?,32-,33-/m0/s1. The Morgan fingerprint density at radius 2 is 1.68 bits per heavy atom. The lowest BCUT2D eigenvalue weighted by Gasteiger charge is -2.29. The lowest BCUT2D eigenvalue weighted by molar-refractivity contribution is -0.135. The van der Waals surface area contributed by atoms with Crippen molar-refractivity contribution in [1.82, 2.24) is 30.5 Å². The molecule has 3 heterocycles. The van der Waals surface area contributed by atoms with Gasteiger partial charge in [0, 0.05) is 19.0 Å². The fourth-order valence-electron chi connectivity index (χ4n) is 7.51. The molecule has 53 heavy (non-hydrogen) atoms. The van der Waals surface area contributed by atoms with Gasteiger partial charge in [-0.15, -0.1) is 0 Å². The second-order valence-corrected chi connectivity index (χ2v) is 15.0. The van der Waals surface area contributed by atoms with Gasteiger partial charge in [0.2, 0.25) is 17.7 Å². The van der Waals surface area contributed by atoms with Crippen LogP contribution >= 0.6 is 0 Å². The quantitative estimate of drug-likeness (QED) is 0.136. The number of rotatable bonds is 14. The highest BCUT2D eigenvalue weighted by Gasteiger charge is 2.39. The van der Waals surface area contributed by atoms with Gasteiger partial charge in [-0.05, 0) is 73.8 Å². The van der Waals surface area contributed by atoms with Gasteiger partial charge in [0.25, 0.3) is 5.91 Å². The Labute approximate surface area is 311 Å². The smallest absolute Gasteiger partial charge is 0.407 e. The highest BCUT2D eigenvalue weighted by Crippen LogP contribution is 2.42. The van der Waals surface area contributed by atoms with E-state index in [1.807, 2.05) is 34.6 Å². The van der Waals surface area contributed by atoms with Gasteiger partial charge in [0.1, 0.15) is 24.4 Å². The first kappa shape index (κ1) is 39.3. The normalized spacial score (nSPS) is 19.9. The van der Waals surface area contributed by atoms with Crippen LogP contribution in [0.3, 0.4) is 0 Å². The van der Waals surface area contributed by atoms with Crippen molar-refractivity contribution in [3.05, 3.63) is 53.9 Å². The summed E-state index contributed by atoms with van der Waals surface area (Å²) in [6.07, 6.45) is 8.81. The van der Waals surface area contributed by atoms with E-state index in [1.165, 1.54) is 12.7 Å². The number of alkyl carbamates (subject to hydrolysis) is 1. The summed E-state index contributed by atoms with van der Waals surface area (Å²) in [5.41, 5.74) is 3.93. The van der Waals surface area contributed by atoms with Gasteiger partial charge >= 0.3 is 12.2 Å². The van der Waals surface area contributed by atoms with Crippen molar-refractivity contribution in [2.24, 2.45) is 11.8 Å². The number of hydrogen-bond acceptors (Lipinski definition) is 8. The van der Waals surface area contributed by atoms with Gasteiger partial charge in [-0.25, -0.2) is 19.6 Å². The van der Waals surface area contributed by atoms with E-state index in [0.717, 1.165) is 68.3 Å². The molecule has 5 rings (SSSR count). The van der Waals surface area contributed by atoms with E-state index in [-0.39, 0.29) is 35.6 Å². The number of nitrogens with one attached hydrogen (secondary N) is 3. The van der Waals surface area contributed by atoms with Crippen molar-refractivity contribution < 1.29 is 33.4 Å². The fraction of sp³-hybridized carbons (Fsp3) is 0.590. The van der Waals surface area contributed by atoms with Crippen LogP contribution in [0.4, 0.5) is 15.5 Å². The van der Waals surface area contributed by atoms with E-state index in [4.69, 9.17) is 14.1 Å². The summed E-state index contributed by atoms with van der Waals surface area (Å²) in [5, 5.41) is 14.4. The molecule has 0 bridgehead atoms. The summed E-state index contributed by atoms with van der Waals surface area (Å²) in [5.74, 6) is 0.837. The second-order valence-electron chi connectivity index (χ2n) is 15.0. The number of anilines is 1. The van der Waals surface area contributed by atoms with E-state index in [0.29, 0.717) is 30.8 Å². The maximum Gasteiger partial charge on any atom is 0.407 e. The molecule has 14 nitrogen and oxygen atoms in total. The molecule has 2 aliphatic rings. The first-order valence-electron chi connectivity index (χ1n) is 19.0. The number of aromatic nitrogens is 3. The van der Waals surface area contributed by atoms with E-state index in [1.54, 1.807) is 22.3 Å². The Bertz CT molecular complexity index is 1690. The molecule has 1 unspecified atom stereocenters. The number of unbranched alkanes of at least 4 members (excludes halogenated alkanes) is 1. The minimum atomic E-state index is -1.23. The summed E-state index contributed by atoms with van der Waals surface area (Å²) in [7, 11) is 1.29. The van der Waals surface area contributed by atoms with E-state index in [2.05, 4.69) is 44.9 Å². The zero-order valence-corrected chi connectivity index (χ0v) is 31.8. The van der Waals surface area contributed by atoms with Gasteiger partial charge in [0.05, 0.1) is 24.7 Å². The molecular weight excluding hydrogens is 678 g/mol. The van der Waals surface area contributed by atoms with E-state index in [9.17, 15) is 24.3 Å². The Balaban J connectivity index is 1.20. The summed E-state index contributed by atoms with van der Waals surface area (Å²) < 4.78 is 10.8. The lowest BCUT2D eigenvalue weighted by atomic mass is 9.77. The second kappa shape index (κ2) is 17.8. The third-order valence-corrected chi connectivity index (χ3v) is 10.6. The molecule has 14 heteroatoms. The summed E-state index contributed by atoms with van der Waals surface area (Å²) in [6.45, 7) is 10.5. The van der Waals surface area contributed by atoms with Gasteiger partial charge in [0.15, 0.2) is 0 Å². The predicted molar refractivity (Wildman–Crippen MR) is 199 cm³/mol. The van der Waals surface area contributed by atoms with E-state index >= 15 is 0 Å². The maximum atomic E-state index is 13.5. The van der Waals surface area contributed by atoms with Crippen LogP contribution in [0.5, 0.6) is 0 Å². The number of nitrogens with zero attached hydrogens (tertiary/aromatic N) is 4. The summed E-state index contributed by atoms with van der Waals surface area (Å²) >= 11 is 0. The van der Waals surface area contributed by atoms with Crippen LogP contribution < -0.4 is 15.5 Å². The number of oxazole rings is 1. The topological polar surface area (TPSA) is 183 Å². The molecule has 1 aliphatic heterocycles. The zero-order chi connectivity index (χ0) is 38.2. The van der Waals surface area contributed by atoms with Crippen molar-refractivity contribution in [3.8, 4) is 11.3 Å². The first-order chi connectivity index (χ1) is 25.4. The molecule has 0 spiro atoms. The average molecular weight is 734 g/mol. The van der Waals surface area contributed by atoms with Crippen LogP contribution in [0, 0.1) is 11.8 Å². The van der Waals surface area contributed by atoms with Crippen LogP contribution in [0.2, 0.25) is 0 Å². The summed E-state index contributed by atoms with van der Waals surface area (Å²) in [6, 6.07) is 6.63. The third kappa shape index (κ3) is 9.38. The number of carbonyl (C=O) groups excluding carboxylic acids is 3. The molecule has 4 amide bonds. The number of aromatic amines is 1. The number of hydrogen-bond donors (Lipinski definition) is 4. The number of carbonyl (C=O) groups is 4. The Hall–Kier alpha value is -4.88. The van der Waals surface area contributed by atoms with Crippen molar-refractivity contribution in [3.63, 3.8) is 0 Å². The highest BCUT2D eigenvalue weighted by molar-refractivity contribution is 5.97. The number of imidazole rings is 1. The van der Waals surface area contributed by atoms with Crippen molar-refractivity contribution in [2.45, 2.75) is 116 Å². The number of benzene rings is 1. The molecule has 1 aromatic carbocycles. The molecule has 1 saturated heterocycles. The van der Waals surface area contributed by atoms with Crippen LogP contribution in [0.25, 0.3) is 11.3 Å². The highest BCUT2D eigenvalue weighted by atomic mass is 16.5. The SMILES string of the molecule is CCCCN(C(=O)[C@@H](NC(=O)O)C(C)C)c1ncc(-c2ccc(C3CCC(c4coc(C5CCCN5C(=O)[C@@H](NC(=O)OC)C(C)C)n4)CC3)cc2)[nH]1. The van der Waals surface area contributed by atoms with E-state index < -0.39 is 24.3 Å². The Kier molecular flexibility index (Phi) is 13.2. The van der Waals surface area contributed by atoms with Crippen molar-refractivity contribution >= 4 is 29.9 Å². The monoisotopic (exact) mass is 733 g/mol. The van der Waals surface area contributed by atoms with Crippen molar-refractivity contribution in [1.29, 1.82) is 0 Å². The summed E-state index contributed by atoms with van der Waals surface area (Å²) in [4.78, 5) is 66.4. The molecule has 3 atom stereocenters. The zero-order valence-electron chi connectivity index (χ0n) is 31.8. The molecule has 3 aromatic rings. The number of amides is 4. The third-order valence-electron chi connectivity index (χ3n) is 10.6. The van der Waals surface area contributed by atoms with Crippen LogP contribution in [0.1, 0.15) is 121 Å². The van der Waals surface area contributed by atoms with Crippen molar-refractivity contribution in [2.75, 3.05) is 25.1 Å².